The van der Waals surface area contributed by atoms with Crippen molar-refractivity contribution in [1.82, 2.24) is 14.9 Å². The first-order valence-corrected chi connectivity index (χ1v) is 7.13. The normalized spacial score (nSPS) is 10.9. The molecule has 1 heterocycles. The number of carbonyl (C=O) groups excluding carboxylic acids is 1. The second-order valence-corrected chi connectivity index (χ2v) is 5.26. The Bertz CT molecular complexity index is 431. The quantitative estimate of drug-likeness (QED) is 0.589. The lowest BCUT2D eigenvalue weighted by Crippen LogP contribution is -2.42. The Kier molecular flexibility index (Phi) is 6.38. The van der Waals surface area contributed by atoms with E-state index >= 15 is 0 Å². The molecule has 0 aliphatic carbocycles. The zero-order valence-corrected chi connectivity index (χ0v) is 12.8. The van der Waals surface area contributed by atoms with Gasteiger partial charge in [0.15, 0.2) is 5.82 Å². The van der Waals surface area contributed by atoms with E-state index in [9.17, 15) is 4.79 Å². The van der Waals surface area contributed by atoms with Crippen molar-refractivity contribution in [2.24, 2.45) is 11.8 Å². The van der Waals surface area contributed by atoms with Gasteiger partial charge in [-0.05, 0) is 18.8 Å². The number of hydrogen-bond acceptors (Lipinski definition) is 5. The number of nitrogens with two attached hydrogens (primary N) is 1. The lowest BCUT2D eigenvalue weighted by Gasteiger charge is -2.31. The van der Waals surface area contributed by atoms with Crippen molar-refractivity contribution in [3.05, 3.63) is 18.1 Å². The first kappa shape index (κ1) is 16.4. The van der Waals surface area contributed by atoms with Gasteiger partial charge >= 0.3 is 0 Å². The largest absolute Gasteiger partial charge is 0.334 e. The predicted molar refractivity (Wildman–Crippen MR) is 80.1 cm³/mol. The van der Waals surface area contributed by atoms with E-state index in [1.165, 1.54) is 12.4 Å². The van der Waals surface area contributed by atoms with Crippen LogP contribution in [0.15, 0.2) is 12.4 Å². The SMILES string of the molecule is CCC(CC)N(CC(C)C)C(=O)c1cncc(NN)n1. The molecule has 0 fully saturated rings. The van der Waals surface area contributed by atoms with Crippen LogP contribution in [-0.4, -0.2) is 33.4 Å². The molecule has 112 valence electrons. The first-order valence-electron chi connectivity index (χ1n) is 7.13. The van der Waals surface area contributed by atoms with Gasteiger partial charge in [0.2, 0.25) is 0 Å². The van der Waals surface area contributed by atoms with Crippen LogP contribution in [0.4, 0.5) is 5.82 Å². The first-order chi connectivity index (χ1) is 9.53. The van der Waals surface area contributed by atoms with Gasteiger partial charge in [-0.1, -0.05) is 27.7 Å². The third-order valence-corrected chi connectivity index (χ3v) is 3.21. The van der Waals surface area contributed by atoms with Crippen molar-refractivity contribution in [1.29, 1.82) is 0 Å². The molecule has 1 amide bonds. The smallest absolute Gasteiger partial charge is 0.274 e. The van der Waals surface area contributed by atoms with E-state index in [-0.39, 0.29) is 11.9 Å². The molecule has 6 heteroatoms. The minimum absolute atomic E-state index is 0.0861. The number of aromatic nitrogens is 2. The summed E-state index contributed by atoms with van der Waals surface area (Å²) in [6.45, 7) is 9.11. The maximum atomic E-state index is 12.7. The van der Waals surface area contributed by atoms with E-state index in [2.05, 4.69) is 43.1 Å². The molecule has 0 saturated heterocycles. The average Bonchev–Trinajstić information content (AvgIpc) is 2.46. The molecule has 0 atom stereocenters. The number of rotatable bonds is 7. The number of nitrogens with one attached hydrogen (secondary N) is 1. The number of amides is 1. The van der Waals surface area contributed by atoms with E-state index in [4.69, 9.17) is 5.84 Å². The Hall–Kier alpha value is -1.69. The molecular formula is C14H25N5O. The van der Waals surface area contributed by atoms with E-state index in [0.717, 1.165) is 12.8 Å². The van der Waals surface area contributed by atoms with Crippen molar-refractivity contribution in [2.75, 3.05) is 12.0 Å². The lowest BCUT2D eigenvalue weighted by molar-refractivity contribution is 0.0634. The number of hydrogen-bond donors (Lipinski definition) is 2. The van der Waals surface area contributed by atoms with Crippen LogP contribution in [0.2, 0.25) is 0 Å². The summed E-state index contributed by atoms with van der Waals surface area (Å²) in [4.78, 5) is 22.7. The van der Waals surface area contributed by atoms with Crippen LogP contribution in [0.1, 0.15) is 51.0 Å². The second-order valence-electron chi connectivity index (χ2n) is 5.26. The summed E-state index contributed by atoms with van der Waals surface area (Å²) >= 11 is 0. The van der Waals surface area contributed by atoms with Crippen molar-refractivity contribution in [2.45, 2.75) is 46.6 Å². The van der Waals surface area contributed by atoms with Gasteiger partial charge in [0.05, 0.1) is 12.4 Å². The molecule has 0 aliphatic rings. The number of nitrogen functional groups attached to an aromatic ring is 1. The van der Waals surface area contributed by atoms with E-state index < -0.39 is 0 Å². The highest BCUT2D eigenvalue weighted by Crippen LogP contribution is 2.15. The molecule has 1 aromatic heterocycles. The summed E-state index contributed by atoms with van der Waals surface area (Å²) < 4.78 is 0. The van der Waals surface area contributed by atoms with Crippen LogP contribution >= 0.6 is 0 Å². The van der Waals surface area contributed by atoms with Gasteiger partial charge in [-0.2, -0.15) is 0 Å². The van der Waals surface area contributed by atoms with E-state index in [1.807, 2.05) is 4.90 Å². The Morgan fingerprint density at radius 2 is 2.00 bits per heavy atom. The average molecular weight is 279 g/mol. The highest BCUT2D eigenvalue weighted by Gasteiger charge is 2.24. The van der Waals surface area contributed by atoms with E-state index in [0.29, 0.717) is 24.0 Å². The summed E-state index contributed by atoms with van der Waals surface area (Å²) in [5.41, 5.74) is 2.74. The molecule has 0 radical (unpaired) electrons. The molecular weight excluding hydrogens is 254 g/mol. The van der Waals surface area contributed by atoms with Crippen LogP contribution < -0.4 is 11.3 Å². The Labute approximate surface area is 120 Å². The Balaban J connectivity index is 3.02. The third kappa shape index (κ3) is 4.16. The third-order valence-electron chi connectivity index (χ3n) is 3.21. The lowest BCUT2D eigenvalue weighted by atomic mass is 10.1. The number of carbonyl (C=O) groups is 1. The van der Waals surface area contributed by atoms with Crippen LogP contribution in [0, 0.1) is 5.92 Å². The van der Waals surface area contributed by atoms with Gasteiger partial charge in [-0.15, -0.1) is 0 Å². The standard InChI is InChI=1S/C14H25N5O/c1-5-11(6-2)19(9-10(3)4)14(20)12-7-16-8-13(17-12)18-15/h7-8,10-11H,5-6,9,15H2,1-4H3,(H,17,18). The summed E-state index contributed by atoms with van der Waals surface area (Å²) in [5, 5.41) is 0. The summed E-state index contributed by atoms with van der Waals surface area (Å²) in [5.74, 6) is 6.02. The molecule has 3 N–H and O–H groups in total. The zero-order chi connectivity index (χ0) is 15.1. The fourth-order valence-electron chi connectivity index (χ4n) is 2.21. The van der Waals surface area contributed by atoms with Gasteiger partial charge < -0.3 is 10.3 Å². The summed E-state index contributed by atoms with van der Waals surface area (Å²) in [6, 6.07) is 0.223. The monoisotopic (exact) mass is 279 g/mol. The number of anilines is 1. The Morgan fingerprint density at radius 1 is 1.35 bits per heavy atom. The zero-order valence-electron chi connectivity index (χ0n) is 12.8. The second kappa shape index (κ2) is 7.79. The van der Waals surface area contributed by atoms with Gasteiger partial charge in [0, 0.05) is 12.6 Å². The van der Waals surface area contributed by atoms with Gasteiger partial charge in [0.25, 0.3) is 5.91 Å². The van der Waals surface area contributed by atoms with Crippen molar-refractivity contribution >= 4 is 11.7 Å². The highest BCUT2D eigenvalue weighted by molar-refractivity contribution is 5.92. The molecule has 1 rings (SSSR count). The van der Waals surface area contributed by atoms with Crippen LogP contribution in [0.3, 0.4) is 0 Å². The van der Waals surface area contributed by atoms with E-state index in [1.54, 1.807) is 0 Å². The molecule has 20 heavy (non-hydrogen) atoms. The van der Waals surface area contributed by atoms with Crippen LogP contribution in [-0.2, 0) is 0 Å². The van der Waals surface area contributed by atoms with Crippen molar-refractivity contribution in [3.8, 4) is 0 Å². The van der Waals surface area contributed by atoms with Gasteiger partial charge in [-0.25, -0.2) is 10.8 Å². The van der Waals surface area contributed by atoms with Gasteiger partial charge in [-0.3, -0.25) is 9.78 Å². The van der Waals surface area contributed by atoms with Gasteiger partial charge in [0.1, 0.15) is 5.69 Å². The molecule has 0 spiro atoms. The maximum absolute atomic E-state index is 12.7. The van der Waals surface area contributed by atoms with Crippen molar-refractivity contribution in [3.63, 3.8) is 0 Å². The molecule has 0 saturated carbocycles. The van der Waals surface area contributed by atoms with Crippen molar-refractivity contribution < 1.29 is 4.79 Å². The minimum Gasteiger partial charge on any atom is -0.334 e. The maximum Gasteiger partial charge on any atom is 0.274 e. The minimum atomic E-state index is -0.0861. The Morgan fingerprint density at radius 3 is 2.50 bits per heavy atom. The predicted octanol–water partition coefficient (Wildman–Crippen LogP) is 2.05. The summed E-state index contributed by atoms with van der Waals surface area (Å²) in [7, 11) is 0. The molecule has 0 bridgehead atoms. The fourth-order valence-corrected chi connectivity index (χ4v) is 2.21. The topological polar surface area (TPSA) is 84.1 Å². The molecule has 1 aromatic rings. The molecule has 6 nitrogen and oxygen atoms in total. The fraction of sp³-hybridized carbons (Fsp3) is 0.643. The molecule has 0 aliphatic heterocycles. The highest BCUT2D eigenvalue weighted by atomic mass is 16.2. The van der Waals surface area contributed by atoms with Crippen LogP contribution in [0.5, 0.6) is 0 Å². The number of nitrogens with zero attached hydrogens (tertiary/aromatic N) is 3. The molecule has 0 aromatic carbocycles. The summed E-state index contributed by atoms with van der Waals surface area (Å²) in [6.07, 6.45) is 4.83. The van der Waals surface area contributed by atoms with Crippen LogP contribution in [0.25, 0.3) is 0 Å². The molecule has 0 unspecified atom stereocenters. The number of hydrazine groups is 1.